The molecule has 10 heteroatoms. The number of aliphatic imine (C=N–C) groups is 1. The maximum absolute atomic E-state index is 12.7. The molecule has 0 radical (unpaired) electrons. The minimum atomic E-state index is -4.42. The van der Waals surface area contributed by atoms with Crippen molar-refractivity contribution in [3.05, 3.63) is 40.3 Å². The Labute approximate surface area is 171 Å². The van der Waals surface area contributed by atoms with Gasteiger partial charge in [-0.15, -0.1) is 11.3 Å². The number of thiazole rings is 1. The molecule has 2 heterocycles. The molecule has 1 aromatic carbocycles. The number of guanidine groups is 1. The number of methoxy groups -OCH3 is 1. The summed E-state index contributed by atoms with van der Waals surface area (Å²) in [6, 6.07) is 8.06. The van der Waals surface area contributed by atoms with Crippen LogP contribution in [0, 0.1) is 0 Å². The summed E-state index contributed by atoms with van der Waals surface area (Å²) in [4.78, 5) is 10.1. The molecule has 1 saturated heterocycles. The van der Waals surface area contributed by atoms with Crippen LogP contribution in [0.5, 0.6) is 5.75 Å². The lowest BCUT2D eigenvalue weighted by atomic mass is 10.0. The van der Waals surface area contributed by atoms with Gasteiger partial charge in [-0.3, -0.25) is 4.99 Å². The molecular weight excluding hydrogens is 403 g/mol. The van der Waals surface area contributed by atoms with Crippen molar-refractivity contribution in [1.29, 1.82) is 0 Å². The van der Waals surface area contributed by atoms with Gasteiger partial charge in [0.05, 0.1) is 19.3 Å². The molecule has 0 saturated carbocycles. The SMILES string of the molecule is CN=C(NCc1nc(C(F)(F)F)cs1)NC1CCCN(c2ccccc2OC)C1. The molecule has 29 heavy (non-hydrogen) atoms. The first kappa shape index (κ1) is 21.2. The molecule has 3 rings (SSSR count). The second-order valence-electron chi connectivity index (χ2n) is 6.65. The van der Waals surface area contributed by atoms with Gasteiger partial charge in [0.2, 0.25) is 0 Å². The summed E-state index contributed by atoms with van der Waals surface area (Å²) in [7, 11) is 3.30. The van der Waals surface area contributed by atoms with Gasteiger partial charge >= 0.3 is 6.18 Å². The van der Waals surface area contributed by atoms with E-state index in [0.717, 1.165) is 54.1 Å². The molecule has 1 aromatic heterocycles. The van der Waals surface area contributed by atoms with Crippen molar-refractivity contribution in [1.82, 2.24) is 15.6 Å². The molecule has 0 amide bonds. The number of para-hydroxylation sites is 2. The number of ether oxygens (including phenoxy) is 1. The quantitative estimate of drug-likeness (QED) is 0.565. The summed E-state index contributed by atoms with van der Waals surface area (Å²) in [6.07, 6.45) is -2.44. The number of piperidine rings is 1. The lowest BCUT2D eigenvalue weighted by Crippen LogP contribution is -2.51. The fourth-order valence-electron chi connectivity index (χ4n) is 3.27. The fourth-order valence-corrected chi connectivity index (χ4v) is 4.01. The Hall–Kier alpha value is -2.49. The minimum Gasteiger partial charge on any atom is -0.495 e. The van der Waals surface area contributed by atoms with Crippen molar-refractivity contribution in [3.63, 3.8) is 0 Å². The van der Waals surface area contributed by atoms with Crippen molar-refractivity contribution < 1.29 is 17.9 Å². The summed E-state index contributed by atoms with van der Waals surface area (Å²) in [5, 5.41) is 7.80. The molecule has 158 valence electrons. The smallest absolute Gasteiger partial charge is 0.434 e. The fraction of sp³-hybridized carbons (Fsp3) is 0.474. The lowest BCUT2D eigenvalue weighted by Gasteiger charge is -2.36. The van der Waals surface area contributed by atoms with Gasteiger partial charge in [-0.2, -0.15) is 13.2 Å². The normalized spacial score (nSPS) is 17.9. The van der Waals surface area contributed by atoms with Crippen LogP contribution in [0.15, 0.2) is 34.6 Å². The van der Waals surface area contributed by atoms with Crippen molar-refractivity contribution in [3.8, 4) is 5.75 Å². The highest BCUT2D eigenvalue weighted by Crippen LogP contribution is 2.31. The van der Waals surface area contributed by atoms with Gasteiger partial charge in [-0.1, -0.05) is 12.1 Å². The zero-order chi connectivity index (χ0) is 20.9. The number of aromatic nitrogens is 1. The third-order valence-electron chi connectivity index (χ3n) is 4.66. The van der Waals surface area contributed by atoms with Crippen LogP contribution in [0.1, 0.15) is 23.5 Å². The molecule has 6 nitrogen and oxygen atoms in total. The molecule has 1 atom stereocenters. The van der Waals surface area contributed by atoms with Crippen LogP contribution in [-0.2, 0) is 12.7 Å². The zero-order valence-corrected chi connectivity index (χ0v) is 17.1. The highest BCUT2D eigenvalue weighted by atomic mass is 32.1. The van der Waals surface area contributed by atoms with Crippen molar-refractivity contribution in [2.45, 2.75) is 31.6 Å². The summed E-state index contributed by atoms with van der Waals surface area (Å²) < 4.78 is 43.5. The number of nitrogens with one attached hydrogen (secondary N) is 2. The number of rotatable bonds is 5. The molecule has 1 unspecified atom stereocenters. The van der Waals surface area contributed by atoms with Gasteiger partial charge in [0.25, 0.3) is 0 Å². The molecule has 2 N–H and O–H groups in total. The van der Waals surface area contributed by atoms with E-state index in [-0.39, 0.29) is 12.6 Å². The first-order valence-electron chi connectivity index (χ1n) is 9.27. The van der Waals surface area contributed by atoms with E-state index in [4.69, 9.17) is 4.74 Å². The van der Waals surface area contributed by atoms with Crippen LogP contribution in [-0.4, -0.2) is 44.2 Å². The maximum Gasteiger partial charge on any atom is 0.434 e. The number of alkyl halides is 3. The largest absolute Gasteiger partial charge is 0.495 e. The third-order valence-corrected chi connectivity index (χ3v) is 5.51. The number of benzene rings is 1. The van der Waals surface area contributed by atoms with Crippen LogP contribution >= 0.6 is 11.3 Å². The van der Waals surface area contributed by atoms with E-state index >= 15 is 0 Å². The highest BCUT2D eigenvalue weighted by Gasteiger charge is 2.33. The summed E-state index contributed by atoms with van der Waals surface area (Å²) in [5.74, 6) is 1.38. The van der Waals surface area contributed by atoms with Gasteiger partial charge in [-0.25, -0.2) is 4.98 Å². The first-order chi connectivity index (χ1) is 13.9. The van der Waals surface area contributed by atoms with Crippen LogP contribution in [0.3, 0.4) is 0 Å². The van der Waals surface area contributed by atoms with Gasteiger partial charge in [0.1, 0.15) is 10.8 Å². The summed E-state index contributed by atoms with van der Waals surface area (Å²) in [6.45, 7) is 1.89. The molecule has 0 bridgehead atoms. The van der Waals surface area contributed by atoms with Gasteiger partial charge in [0.15, 0.2) is 11.7 Å². The average molecular weight is 427 g/mol. The summed E-state index contributed by atoms with van der Waals surface area (Å²) >= 11 is 0.978. The first-order valence-corrected chi connectivity index (χ1v) is 10.2. The molecule has 1 fully saturated rings. The predicted octanol–water partition coefficient (Wildman–Crippen LogP) is 3.50. The van der Waals surface area contributed by atoms with Gasteiger partial charge < -0.3 is 20.3 Å². The van der Waals surface area contributed by atoms with Crippen molar-refractivity contribution in [2.75, 3.05) is 32.1 Å². The van der Waals surface area contributed by atoms with Gasteiger partial charge in [-0.05, 0) is 25.0 Å². The molecule has 0 aliphatic carbocycles. The number of hydrogen-bond donors (Lipinski definition) is 2. The number of hydrogen-bond acceptors (Lipinski definition) is 5. The van der Waals surface area contributed by atoms with Crippen LogP contribution in [0.25, 0.3) is 0 Å². The van der Waals surface area contributed by atoms with E-state index in [0.29, 0.717) is 11.0 Å². The molecule has 0 spiro atoms. The number of nitrogens with zero attached hydrogens (tertiary/aromatic N) is 3. The molecule has 2 aromatic rings. The number of halogens is 3. The second-order valence-corrected chi connectivity index (χ2v) is 7.59. The second kappa shape index (κ2) is 9.34. The zero-order valence-electron chi connectivity index (χ0n) is 16.3. The minimum absolute atomic E-state index is 0.155. The Kier molecular flexibility index (Phi) is 6.83. The summed E-state index contributed by atoms with van der Waals surface area (Å²) in [5.41, 5.74) is 0.189. The van der Waals surface area contributed by atoms with E-state index in [1.807, 2.05) is 24.3 Å². The third kappa shape index (κ3) is 5.53. The molecular formula is C19H24F3N5OS. The van der Waals surface area contributed by atoms with Crippen LogP contribution < -0.4 is 20.3 Å². The Morgan fingerprint density at radius 1 is 1.38 bits per heavy atom. The maximum atomic E-state index is 12.7. The Bertz CT molecular complexity index is 839. The van der Waals surface area contributed by atoms with Crippen molar-refractivity contribution >= 4 is 23.0 Å². The van der Waals surface area contributed by atoms with E-state index in [1.54, 1.807) is 14.2 Å². The molecule has 1 aliphatic heterocycles. The van der Waals surface area contributed by atoms with E-state index in [1.165, 1.54) is 0 Å². The molecule has 1 aliphatic rings. The topological polar surface area (TPSA) is 61.8 Å². The Morgan fingerprint density at radius 3 is 2.86 bits per heavy atom. The highest BCUT2D eigenvalue weighted by molar-refractivity contribution is 7.09. The number of anilines is 1. The Morgan fingerprint density at radius 2 is 2.17 bits per heavy atom. The predicted molar refractivity (Wildman–Crippen MR) is 109 cm³/mol. The van der Waals surface area contributed by atoms with E-state index in [2.05, 4.69) is 25.5 Å². The monoisotopic (exact) mass is 427 g/mol. The van der Waals surface area contributed by atoms with Crippen LogP contribution in [0.2, 0.25) is 0 Å². The Balaban J connectivity index is 1.57. The van der Waals surface area contributed by atoms with Crippen LogP contribution in [0.4, 0.5) is 18.9 Å². The van der Waals surface area contributed by atoms with Gasteiger partial charge in [0, 0.05) is 31.6 Å². The lowest BCUT2D eigenvalue weighted by molar-refractivity contribution is -0.140. The average Bonchev–Trinajstić information content (AvgIpc) is 3.21. The van der Waals surface area contributed by atoms with E-state index < -0.39 is 11.9 Å². The van der Waals surface area contributed by atoms with E-state index in [9.17, 15) is 13.2 Å². The van der Waals surface area contributed by atoms with Crippen molar-refractivity contribution in [2.24, 2.45) is 4.99 Å². The standard InChI is InChI=1S/C19H24F3N5OS/c1-23-18(24-10-17-26-16(12-29-17)19(20,21)22)25-13-6-5-9-27(11-13)14-7-3-4-8-15(14)28-2/h3-4,7-8,12-13H,5-6,9-11H2,1-2H3,(H2,23,24,25).